The van der Waals surface area contributed by atoms with Gasteiger partial charge in [0.25, 0.3) is 5.91 Å². The summed E-state index contributed by atoms with van der Waals surface area (Å²) < 4.78 is 29.7. The molecule has 0 atom stereocenters. The highest BCUT2D eigenvalue weighted by Crippen LogP contribution is 2.34. The second kappa shape index (κ2) is 8.38. The first-order valence-corrected chi connectivity index (χ1v) is 10.3. The molecule has 1 amide bonds. The second-order valence-corrected chi connectivity index (χ2v) is 8.24. The Kier molecular flexibility index (Phi) is 5.68. The maximum Gasteiger partial charge on any atom is 0.264 e. The number of fused-ring (bicyclic) bond motifs is 1. The normalized spacial score (nSPS) is 12.1. The monoisotopic (exact) mass is 478 g/mol. The van der Waals surface area contributed by atoms with Crippen molar-refractivity contribution in [2.45, 2.75) is 13.3 Å². The average molecular weight is 479 g/mol. The first kappa shape index (κ1) is 19.7. The lowest BCUT2D eigenvalue weighted by Gasteiger charge is -2.07. The van der Waals surface area contributed by atoms with Crippen LogP contribution in [0.15, 0.2) is 40.9 Å². The van der Waals surface area contributed by atoms with Crippen LogP contribution in [-0.2, 0) is 11.2 Å². The number of benzene rings is 2. The maximum absolute atomic E-state index is 13.1. The minimum absolute atomic E-state index is 0.208. The van der Waals surface area contributed by atoms with Crippen LogP contribution >= 0.6 is 27.3 Å². The fraction of sp³-hybridized carbons (Fsp3) is 0.200. The van der Waals surface area contributed by atoms with E-state index in [1.165, 1.54) is 29.5 Å². The van der Waals surface area contributed by atoms with Gasteiger partial charge in [0, 0.05) is 11.3 Å². The number of halogens is 2. The second-order valence-electron chi connectivity index (χ2n) is 6.30. The van der Waals surface area contributed by atoms with Gasteiger partial charge in [-0.3, -0.25) is 10.1 Å². The van der Waals surface area contributed by atoms with Crippen molar-refractivity contribution in [3.8, 4) is 17.2 Å². The van der Waals surface area contributed by atoms with Crippen LogP contribution in [0.1, 0.15) is 16.1 Å². The summed E-state index contributed by atoms with van der Waals surface area (Å²) in [7, 11) is 0. The summed E-state index contributed by atoms with van der Waals surface area (Å²) in [6.45, 7) is 1.94. The van der Waals surface area contributed by atoms with Crippen LogP contribution in [0, 0.1) is 12.7 Å². The zero-order valence-electron chi connectivity index (χ0n) is 15.3. The average Bonchev–Trinajstić information content (AvgIpc) is 3.27. The molecule has 0 radical (unpaired) electrons. The molecule has 0 aliphatic carbocycles. The summed E-state index contributed by atoms with van der Waals surface area (Å²) in [5.74, 6) is 1.14. The molecule has 0 spiro atoms. The fourth-order valence-corrected chi connectivity index (χ4v) is 4.25. The highest BCUT2D eigenvalue weighted by molar-refractivity contribution is 9.10. The molecule has 1 aromatic heterocycles. The van der Waals surface area contributed by atoms with Gasteiger partial charge in [-0.15, -0.1) is 11.3 Å². The maximum atomic E-state index is 13.1. The minimum atomic E-state index is -0.387. The van der Waals surface area contributed by atoms with Crippen molar-refractivity contribution in [3.05, 3.63) is 62.8 Å². The van der Waals surface area contributed by atoms with Crippen molar-refractivity contribution in [1.82, 2.24) is 4.98 Å². The molecular formula is C20H16BrFN2O4S. The van der Waals surface area contributed by atoms with E-state index in [0.717, 1.165) is 27.6 Å². The minimum Gasteiger partial charge on any atom is -0.483 e. The summed E-state index contributed by atoms with van der Waals surface area (Å²) in [6.07, 6.45) is 0.676. The van der Waals surface area contributed by atoms with E-state index in [0.29, 0.717) is 21.8 Å². The highest BCUT2D eigenvalue weighted by atomic mass is 79.9. The van der Waals surface area contributed by atoms with Crippen LogP contribution in [-0.4, -0.2) is 24.3 Å². The third-order valence-electron chi connectivity index (χ3n) is 4.19. The predicted octanol–water partition coefficient (Wildman–Crippen LogP) is 4.69. The van der Waals surface area contributed by atoms with Crippen LogP contribution < -0.4 is 19.5 Å². The van der Waals surface area contributed by atoms with Crippen LogP contribution in [0.5, 0.6) is 17.2 Å². The Balaban J connectivity index is 1.36. The lowest BCUT2D eigenvalue weighted by atomic mass is 10.1. The standard InChI is InChI=1S/C20H16BrFN2O4S/c1-11-18(7-12-2-4-16-17(6-12)28-10-27-16)29-20(23-11)24-19(25)9-26-15-5-3-13(22)8-14(15)21/h2-6,8H,7,9-10H2,1H3,(H,23,24,25). The number of hydrogen-bond acceptors (Lipinski definition) is 6. The van der Waals surface area contributed by atoms with Crippen LogP contribution in [0.3, 0.4) is 0 Å². The van der Waals surface area contributed by atoms with Gasteiger partial charge < -0.3 is 14.2 Å². The summed E-state index contributed by atoms with van der Waals surface area (Å²) >= 11 is 4.62. The van der Waals surface area contributed by atoms with Crippen molar-refractivity contribution in [2.24, 2.45) is 0 Å². The number of nitrogens with zero attached hydrogens (tertiary/aromatic N) is 1. The first-order valence-electron chi connectivity index (χ1n) is 8.70. The summed E-state index contributed by atoms with van der Waals surface area (Å²) in [6, 6.07) is 9.84. The smallest absolute Gasteiger partial charge is 0.264 e. The topological polar surface area (TPSA) is 69.7 Å². The van der Waals surface area contributed by atoms with Gasteiger partial charge in [0.2, 0.25) is 6.79 Å². The highest BCUT2D eigenvalue weighted by Gasteiger charge is 2.16. The zero-order valence-corrected chi connectivity index (χ0v) is 17.7. The van der Waals surface area contributed by atoms with E-state index < -0.39 is 0 Å². The molecule has 0 unspecified atom stereocenters. The summed E-state index contributed by atoms with van der Waals surface area (Å²) in [5.41, 5.74) is 1.92. The number of rotatable bonds is 6. The molecule has 0 fully saturated rings. The molecule has 3 aromatic rings. The molecule has 1 aliphatic rings. The fourth-order valence-electron chi connectivity index (χ4n) is 2.77. The molecule has 150 valence electrons. The molecule has 29 heavy (non-hydrogen) atoms. The van der Waals surface area contributed by atoms with E-state index in [2.05, 4.69) is 26.2 Å². The Morgan fingerprint density at radius 3 is 2.93 bits per heavy atom. The number of carbonyl (C=O) groups excluding carboxylic acids is 1. The van der Waals surface area contributed by atoms with Crippen molar-refractivity contribution in [3.63, 3.8) is 0 Å². The predicted molar refractivity (Wildman–Crippen MR) is 110 cm³/mol. The molecule has 0 bridgehead atoms. The molecule has 1 aliphatic heterocycles. The Hall–Kier alpha value is -2.65. The van der Waals surface area contributed by atoms with Gasteiger partial charge >= 0.3 is 0 Å². The Labute approximate surface area is 178 Å². The van der Waals surface area contributed by atoms with E-state index >= 15 is 0 Å². The number of nitrogens with one attached hydrogen (secondary N) is 1. The number of amides is 1. The number of aromatic nitrogens is 1. The van der Waals surface area contributed by atoms with Crippen molar-refractivity contribution < 1.29 is 23.4 Å². The van der Waals surface area contributed by atoms with Crippen molar-refractivity contribution in [2.75, 3.05) is 18.7 Å². The molecule has 0 saturated heterocycles. The SMILES string of the molecule is Cc1nc(NC(=O)COc2ccc(F)cc2Br)sc1Cc1ccc2c(c1)OCO2. The number of hydrogen-bond donors (Lipinski definition) is 1. The Morgan fingerprint density at radius 2 is 2.10 bits per heavy atom. The van der Waals surface area contributed by atoms with Gasteiger partial charge in [-0.25, -0.2) is 9.37 Å². The quantitative estimate of drug-likeness (QED) is 0.556. The number of anilines is 1. The molecule has 0 saturated carbocycles. The Bertz CT molecular complexity index is 1070. The number of thiazole rings is 1. The van der Waals surface area contributed by atoms with Crippen LogP contribution in [0.4, 0.5) is 9.52 Å². The lowest BCUT2D eigenvalue weighted by molar-refractivity contribution is -0.118. The number of carbonyl (C=O) groups is 1. The van der Waals surface area contributed by atoms with E-state index in [1.807, 2.05) is 25.1 Å². The molecule has 9 heteroatoms. The van der Waals surface area contributed by atoms with Crippen LogP contribution in [0.2, 0.25) is 0 Å². The number of ether oxygens (including phenoxy) is 3. The van der Waals surface area contributed by atoms with Crippen LogP contribution in [0.25, 0.3) is 0 Å². The van der Waals surface area contributed by atoms with E-state index in [-0.39, 0.29) is 25.1 Å². The van der Waals surface area contributed by atoms with Gasteiger partial charge in [-0.1, -0.05) is 6.07 Å². The lowest BCUT2D eigenvalue weighted by Crippen LogP contribution is -2.20. The summed E-state index contributed by atoms with van der Waals surface area (Å²) in [4.78, 5) is 17.6. The summed E-state index contributed by atoms with van der Waals surface area (Å²) in [5, 5.41) is 3.25. The van der Waals surface area contributed by atoms with Gasteiger partial charge in [0.05, 0.1) is 10.2 Å². The molecule has 1 N–H and O–H groups in total. The van der Waals surface area contributed by atoms with Gasteiger partial charge in [-0.05, 0) is 58.7 Å². The third-order valence-corrected chi connectivity index (χ3v) is 5.89. The van der Waals surface area contributed by atoms with Crippen molar-refractivity contribution >= 4 is 38.3 Å². The van der Waals surface area contributed by atoms with Gasteiger partial charge in [0.15, 0.2) is 23.2 Å². The van der Waals surface area contributed by atoms with Gasteiger partial charge in [-0.2, -0.15) is 0 Å². The van der Waals surface area contributed by atoms with E-state index in [1.54, 1.807) is 0 Å². The molecule has 4 rings (SSSR count). The van der Waals surface area contributed by atoms with Gasteiger partial charge in [0.1, 0.15) is 11.6 Å². The number of aryl methyl sites for hydroxylation is 1. The molecule has 2 aromatic carbocycles. The third kappa shape index (κ3) is 4.68. The zero-order chi connectivity index (χ0) is 20.4. The van der Waals surface area contributed by atoms with E-state index in [9.17, 15) is 9.18 Å². The first-order chi connectivity index (χ1) is 14.0. The Morgan fingerprint density at radius 1 is 1.28 bits per heavy atom. The largest absolute Gasteiger partial charge is 0.483 e. The van der Waals surface area contributed by atoms with Crippen molar-refractivity contribution in [1.29, 1.82) is 0 Å². The molecule has 6 nitrogen and oxygen atoms in total. The van der Waals surface area contributed by atoms with E-state index in [4.69, 9.17) is 14.2 Å². The molecular weight excluding hydrogens is 463 g/mol. The molecule has 2 heterocycles.